The van der Waals surface area contributed by atoms with Crippen LogP contribution in [0.1, 0.15) is 29.9 Å². The summed E-state index contributed by atoms with van der Waals surface area (Å²) in [6, 6.07) is 47.3. The molecule has 0 radical (unpaired) electrons. The van der Waals surface area contributed by atoms with Gasteiger partial charge >= 0.3 is 0 Å². The van der Waals surface area contributed by atoms with Crippen molar-refractivity contribution in [1.82, 2.24) is 4.98 Å². The minimum Gasteiger partial charge on any atom is -0.456 e. The molecule has 0 saturated heterocycles. The van der Waals surface area contributed by atoms with Gasteiger partial charge in [0.2, 0.25) is 0 Å². The summed E-state index contributed by atoms with van der Waals surface area (Å²) < 4.78 is 12.9. The monoisotopic (exact) mass is 749 g/mol. The average Bonchev–Trinajstić information content (AvgIpc) is 3.83. The Kier molecular flexibility index (Phi) is 8.18. The van der Waals surface area contributed by atoms with Gasteiger partial charge in [0.25, 0.3) is 0 Å². The van der Waals surface area contributed by atoms with Gasteiger partial charge in [-0.2, -0.15) is 0 Å². The van der Waals surface area contributed by atoms with E-state index in [1.165, 1.54) is 16.7 Å². The smallest absolute Gasteiger partial charge is 0.145 e. The summed E-state index contributed by atoms with van der Waals surface area (Å²) in [5, 5.41) is 8.26. The molecule has 6 aromatic carbocycles. The van der Waals surface area contributed by atoms with Gasteiger partial charge in [-0.15, -0.1) is 0 Å². The van der Waals surface area contributed by atoms with E-state index in [0.717, 1.165) is 96.0 Å². The van der Waals surface area contributed by atoms with Crippen molar-refractivity contribution < 1.29 is 8.83 Å². The number of aromatic nitrogens is 1. The number of hydrogen-bond acceptors (Lipinski definition) is 5. The highest BCUT2D eigenvalue weighted by Crippen LogP contribution is 2.44. The Bertz CT molecular complexity index is 3150. The third-order valence-electron chi connectivity index (χ3n) is 11.7. The molecule has 0 fully saturated rings. The van der Waals surface area contributed by atoms with Crippen LogP contribution in [0.25, 0.3) is 71.7 Å². The lowest BCUT2D eigenvalue weighted by Crippen LogP contribution is -2.23. The van der Waals surface area contributed by atoms with E-state index in [1.807, 2.05) is 48.8 Å². The van der Waals surface area contributed by atoms with Crippen molar-refractivity contribution >= 4 is 66.5 Å². The second-order valence-electron chi connectivity index (χ2n) is 15.3. The summed E-state index contributed by atoms with van der Waals surface area (Å²) in [6.45, 7) is 4.53. The van der Waals surface area contributed by atoms with Crippen molar-refractivity contribution in [2.24, 2.45) is 0 Å². The third-order valence-corrected chi connectivity index (χ3v) is 11.7. The van der Waals surface area contributed by atoms with Gasteiger partial charge in [-0.3, -0.25) is 4.98 Å². The summed E-state index contributed by atoms with van der Waals surface area (Å²) in [5.41, 5.74) is 14.2. The Morgan fingerprint density at radius 3 is 2.41 bits per heavy atom. The highest BCUT2D eigenvalue weighted by atomic mass is 16.3. The fourth-order valence-electron chi connectivity index (χ4n) is 8.88. The van der Waals surface area contributed by atoms with Crippen molar-refractivity contribution in [3.8, 4) is 22.3 Å². The summed E-state index contributed by atoms with van der Waals surface area (Å²) in [4.78, 5) is 6.92. The van der Waals surface area contributed by atoms with Gasteiger partial charge in [-0.05, 0) is 102 Å². The summed E-state index contributed by atoms with van der Waals surface area (Å²) in [5.74, 6) is 0.372. The molecule has 0 bridgehead atoms. The first-order chi connectivity index (χ1) is 28.6. The van der Waals surface area contributed by atoms with Gasteiger partial charge in [-0.25, -0.2) is 0 Å². The Morgan fingerprint density at radius 2 is 1.47 bits per heavy atom. The standard InChI is InChI=1S/C53H39N3O2/c1-34-12-9-10-27-56(41-29-39(32-54-33-41)38-22-25-50-45(31-38)43-18-6-8-20-49(43)57-50)48-24-23-44-46-30-37(21-26-51(46)58-53(44)52(34)48)36-15-11-16-40(28-36)55-47-19-7-5-17-42(47)35-13-3-2-4-14-35/h2-14,16-27,29-33,36,40,55H,1,15,28H2/b12-9-,27-10-. The zero-order valence-electron chi connectivity index (χ0n) is 31.8. The predicted octanol–water partition coefficient (Wildman–Crippen LogP) is 14.4. The van der Waals surface area contributed by atoms with Gasteiger partial charge in [0.1, 0.15) is 22.3 Å². The number of hydrogen-bond donors (Lipinski definition) is 1. The molecule has 4 heterocycles. The van der Waals surface area contributed by atoms with E-state index in [4.69, 9.17) is 13.8 Å². The number of benzene rings is 6. The van der Waals surface area contributed by atoms with Crippen molar-refractivity contribution in [1.29, 1.82) is 0 Å². The van der Waals surface area contributed by atoms with Crippen LogP contribution >= 0.6 is 0 Å². The van der Waals surface area contributed by atoms with Crippen LogP contribution in [0.5, 0.6) is 0 Å². The quantitative estimate of drug-likeness (QED) is 0.172. The number of pyridine rings is 1. The largest absolute Gasteiger partial charge is 0.456 e. The minimum absolute atomic E-state index is 0.218. The molecule has 0 spiro atoms. The van der Waals surface area contributed by atoms with Crippen LogP contribution in [0.3, 0.4) is 0 Å². The second-order valence-corrected chi connectivity index (χ2v) is 15.3. The van der Waals surface area contributed by atoms with Crippen molar-refractivity contribution in [3.05, 3.63) is 200 Å². The summed E-state index contributed by atoms with van der Waals surface area (Å²) in [6.07, 6.45) is 18.7. The van der Waals surface area contributed by atoms with Crippen LogP contribution in [0.4, 0.5) is 17.1 Å². The summed E-state index contributed by atoms with van der Waals surface area (Å²) >= 11 is 0. The SMILES string of the molecule is C=C1/C=C\C=C/N(c2cncc(-c3ccc4oc5ccccc5c4c3)c2)c2ccc3c(oc4ccc(C5CC=CC(Nc6ccccc6-c6ccccc6)C5)cc43)c21. The number of rotatable bonds is 6. The predicted molar refractivity (Wildman–Crippen MR) is 241 cm³/mol. The number of nitrogens with one attached hydrogen (secondary N) is 1. The van der Waals surface area contributed by atoms with Crippen LogP contribution in [0.15, 0.2) is 198 Å². The molecule has 5 heteroatoms. The fraction of sp³-hybridized carbons (Fsp3) is 0.0755. The maximum atomic E-state index is 6.76. The normalized spacial score (nSPS) is 17.7. The second kappa shape index (κ2) is 14.0. The van der Waals surface area contributed by atoms with Crippen molar-refractivity contribution in [3.63, 3.8) is 0 Å². The van der Waals surface area contributed by atoms with Crippen LogP contribution < -0.4 is 10.2 Å². The molecule has 0 amide bonds. The molecule has 58 heavy (non-hydrogen) atoms. The molecule has 0 saturated carbocycles. The van der Waals surface area contributed by atoms with Gasteiger partial charge in [0.05, 0.1) is 17.6 Å². The molecule has 2 atom stereocenters. The molecular weight excluding hydrogens is 711 g/mol. The number of allylic oxidation sites excluding steroid dienone is 5. The Hall–Kier alpha value is -7.37. The lowest BCUT2D eigenvalue weighted by molar-refractivity contribution is 0.581. The average molecular weight is 750 g/mol. The number of furan rings is 2. The summed E-state index contributed by atoms with van der Waals surface area (Å²) in [7, 11) is 0. The molecule has 9 aromatic rings. The molecule has 1 aliphatic heterocycles. The van der Waals surface area contributed by atoms with E-state index in [1.54, 1.807) is 0 Å². The van der Waals surface area contributed by atoms with Crippen molar-refractivity contribution in [2.45, 2.75) is 24.8 Å². The molecule has 1 N–H and O–H groups in total. The highest BCUT2D eigenvalue weighted by Gasteiger charge is 2.24. The number of anilines is 3. The van der Waals surface area contributed by atoms with E-state index >= 15 is 0 Å². The molecule has 3 aromatic heterocycles. The number of nitrogens with zero attached hydrogens (tertiary/aromatic N) is 2. The zero-order valence-corrected chi connectivity index (χ0v) is 31.8. The van der Waals surface area contributed by atoms with E-state index < -0.39 is 0 Å². The molecule has 1 aliphatic carbocycles. The molecule has 2 unspecified atom stereocenters. The minimum atomic E-state index is 0.218. The third kappa shape index (κ3) is 5.91. The van der Waals surface area contributed by atoms with Crippen LogP contribution in [0.2, 0.25) is 0 Å². The molecule has 5 nitrogen and oxygen atoms in total. The molecule has 11 rings (SSSR count). The Morgan fingerprint density at radius 1 is 0.655 bits per heavy atom. The maximum absolute atomic E-state index is 6.76. The number of fused-ring (bicyclic) bond motifs is 8. The van der Waals surface area contributed by atoms with Gasteiger partial charge in [0, 0.05) is 62.4 Å². The van der Waals surface area contributed by atoms with Crippen molar-refractivity contribution in [2.75, 3.05) is 10.2 Å². The molecule has 278 valence electrons. The van der Waals surface area contributed by atoms with E-state index in [0.29, 0.717) is 5.92 Å². The van der Waals surface area contributed by atoms with Crippen LogP contribution in [-0.2, 0) is 0 Å². The van der Waals surface area contributed by atoms with Crippen LogP contribution in [0, 0.1) is 0 Å². The Labute approximate surface area is 336 Å². The van der Waals surface area contributed by atoms with Crippen LogP contribution in [-0.4, -0.2) is 11.0 Å². The maximum Gasteiger partial charge on any atom is 0.145 e. The lowest BCUT2D eigenvalue weighted by atomic mass is 9.84. The fourth-order valence-corrected chi connectivity index (χ4v) is 8.88. The van der Waals surface area contributed by atoms with Gasteiger partial charge < -0.3 is 19.1 Å². The highest BCUT2D eigenvalue weighted by molar-refractivity contribution is 6.12. The lowest BCUT2D eigenvalue weighted by Gasteiger charge is -2.27. The van der Waals surface area contributed by atoms with E-state index in [-0.39, 0.29) is 6.04 Å². The number of para-hydroxylation sites is 2. The van der Waals surface area contributed by atoms with Gasteiger partial charge in [-0.1, -0.05) is 110 Å². The van der Waals surface area contributed by atoms with E-state index in [2.05, 4.69) is 150 Å². The first-order valence-corrected chi connectivity index (χ1v) is 19.9. The Balaban J connectivity index is 0.926. The first-order valence-electron chi connectivity index (χ1n) is 19.9. The van der Waals surface area contributed by atoms with E-state index in [9.17, 15) is 0 Å². The van der Waals surface area contributed by atoms with Gasteiger partial charge in [0.15, 0.2) is 0 Å². The first kappa shape index (κ1) is 33.9. The molecule has 2 aliphatic rings. The molecular formula is C53H39N3O2. The zero-order chi connectivity index (χ0) is 38.6. The topological polar surface area (TPSA) is 54.4 Å².